The number of rotatable bonds is 4. The molecule has 1 aliphatic rings. The molecule has 1 aromatic heterocycles. The van der Waals surface area contributed by atoms with Gasteiger partial charge < -0.3 is 19.9 Å². The van der Waals surface area contributed by atoms with Crippen LogP contribution in [0.2, 0.25) is 0 Å². The molecule has 0 saturated heterocycles. The van der Waals surface area contributed by atoms with Crippen LogP contribution in [0.5, 0.6) is 5.75 Å². The Morgan fingerprint density at radius 2 is 2.04 bits per heavy atom. The van der Waals surface area contributed by atoms with Crippen LogP contribution < -0.4 is 10.1 Å². The predicted octanol–water partition coefficient (Wildman–Crippen LogP) is 3.37. The molecule has 2 rings (SSSR count). The van der Waals surface area contributed by atoms with Gasteiger partial charge in [0.25, 0.3) is 0 Å². The van der Waals surface area contributed by atoms with E-state index in [0.29, 0.717) is 11.0 Å². The molecule has 24 heavy (non-hydrogen) atoms. The van der Waals surface area contributed by atoms with E-state index in [9.17, 15) is 14.7 Å². The molecule has 0 unspecified atom stereocenters. The number of carbonyl (C=O) groups excluding carboxylic acids is 1. The number of carbonyl (C=O) groups is 2. The van der Waals surface area contributed by atoms with Crippen LogP contribution in [0.1, 0.15) is 50.5 Å². The van der Waals surface area contributed by atoms with Crippen LogP contribution in [-0.2, 0) is 4.74 Å². The van der Waals surface area contributed by atoms with E-state index in [0.717, 1.165) is 12.8 Å². The molecule has 132 valence electrons. The Labute approximate surface area is 148 Å². The van der Waals surface area contributed by atoms with Gasteiger partial charge >= 0.3 is 12.1 Å². The highest BCUT2D eigenvalue weighted by molar-refractivity contribution is 9.10. The summed E-state index contributed by atoms with van der Waals surface area (Å²) in [5.41, 5.74) is -0.675. The summed E-state index contributed by atoms with van der Waals surface area (Å²) in [6.45, 7) is 5.42. The normalized spacial score (nSPS) is 20.5. The maximum Gasteiger partial charge on any atom is 0.407 e. The Hall–Kier alpha value is -1.83. The van der Waals surface area contributed by atoms with Gasteiger partial charge in [0.15, 0.2) is 11.4 Å². The summed E-state index contributed by atoms with van der Waals surface area (Å²) in [4.78, 5) is 27.0. The Morgan fingerprint density at radius 1 is 1.33 bits per heavy atom. The zero-order valence-electron chi connectivity index (χ0n) is 13.8. The molecule has 2 N–H and O–H groups in total. The van der Waals surface area contributed by atoms with Crippen LogP contribution in [0, 0.1) is 0 Å². The van der Waals surface area contributed by atoms with Gasteiger partial charge in [-0.05, 0) is 61.7 Å². The van der Waals surface area contributed by atoms with Crippen molar-refractivity contribution in [1.82, 2.24) is 10.3 Å². The molecule has 1 saturated carbocycles. The molecule has 0 aromatic carbocycles. The number of nitrogens with one attached hydrogen (secondary N) is 1. The summed E-state index contributed by atoms with van der Waals surface area (Å²) in [6, 6.07) is 3.16. The highest BCUT2D eigenvalue weighted by Gasteiger charge is 2.30. The lowest BCUT2D eigenvalue weighted by Crippen LogP contribution is -2.38. The van der Waals surface area contributed by atoms with Crippen LogP contribution in [0.3, 0.4) is 0 Å². The quantitative estimate of drug-likeness (QED) is 0.751. The number of ether oxygens (including phenoxy) is 2. The highest BCUT2D eigenvalue weighted by atomic mass is 79.9. The first-order chi connectivity index (χ1) is 11.1. The van der Waals surface area contributed by atoms with Crippen molar-refractivity contribution in [1.29, 1.82) is 0 Å². The molecule has 7 nitrogen and oxygen atoms in total. The number of amides is 1. The van der Waals surface area contributed by atoms with E-state index < -0.39 is 17.7 Å². The molecule has 0 aliphatic heterocycles. The number of hydrogen-bond donors (Lipinski definition) is 2. The van der Waals surface area contributed by atoms with Gasteiger partial charge in [0.1, 0.15) is 16.3 Å². The molecule has 0 bridgehead atoms. The molecule has 2 atom stereocenters. The van der Waals surface area contributed by atoms with Gasteiger partial charge in [0.05, 0.1) is 0 Å². The summed E-state index contributed by atoms with van der Waals surface area (Å²) in [7, 11) is 0. The number of aromatic nitrogens is 1. The minimum Gasteiger partial charge on any atom is -0.488 e. The molecule has 1 amide bonds. The van der Waals surface area contributed by atoms with E-state index in [2.05, 4.69) is 26.2 Å². The largest absolute Gasteiger partial charge is 0.488 e. The third-order valence-corrected chi connectivity index (χ3v) is 3.87. The number of carboxylic acids is 1. The third-order valence-electron chi connectivity index (χ3n) is 3.43. The smallest absolute Gasteiger partial charge is 0.407 e. The fourth-order valence-electron chi connectivity index (χ4n) is 2.50. The Bertz CT molecular complexity index is 629. The van der Waals surface area contributed by atoms with Crippen LogP contribution in [-0.4, -0.2) is 39.9 Å². The van der Waals surface area contributed by atoms with Gasteiger partial charge in [0.2, 0.25) is 0 Å². The number of hydrogen-bond acceptors (Lipinski definition) is 5. The Balaban J connectivity index is 1.93. The van der Waals surface area contributed by atoms with Crippen LogP contribution in [0.4, 0.5) is 4.79 Å². The number of alkyl carbamates (subject to hydrolysis) is 1. The van der Waals surface area contributed by atoms with Crippen LogP contribution >= 0.6 is 15.9 Å². The van der Waals surface area contributed by atoms with Crippen molar-refractivity contribution in [2.45, 2.75) is 57.8 Å². The van der Waals surface area contributed by atoms with Crippen molar-refractivity contribution in [3.8, 4) is 5.75 Å². The van der Waals surface area contributed by atoms with Gasteiger partial charge in [-0.1, -0.05) is 0 Å². The van der Waals surface area contributed by atoms with Gasteiger partial charge in [0, 0.05) is 12.5 Å². The minimum absolute atomic E-state index is 0.0541. The van der Waals surface area contributed by atoms with E-state index in [1.54, 1.807) is 32.9 Å². The summed E-state index contributed by atoms with van der Waals surface area (Å²) >= 11 is 3.15. The fourth-order valence-corrected chi connectivity index (χ4v) is 2.81. The Kier molecular flexibility index (Phi) is 5.69. The number of aromatic carboxylic acids is 1. The van der Waals surface area contributed by atoms with Crippen molar-refractivity contribution in [3.05, 3.63) is 22.4 Å². The van der Waals surface area contributed by atoms with Crippen LogP contribution in [0.25, 0.3) is 0 Å². The van der Waals surface area contributed by atoms with Crippen molar-refractivity contribution < 1.29 is 24.2 Å². The molecule has 8 heteroatoms. The maximum atomic E-state index is 11.8. The third kappa shape index (κ3) is 5.36. The van der Waals surface area contributed by atoms with Gasteiger partial charge in [-0.15, -0.1) is 0 Å². The van der Waals surface area contributed by atoms with E-state index >= 15 is 0 Å². The summed E-state index contributed by atoms with van der Waals surface area (Å²) in [5.74, 6) is -0.915. The topological polar surface area (TPSA) is 97.8 Å². The summed E-state index contributed by atoms with van der Waals surface area (Å²) < 4.78 is 11.4. The van der Waals surface area contributed by atoms with Gasteiger partial charge in [-0.3, -0.25) is 0 Å². The Morgan fingerprint density at radius 3 is 2.67 bits per heavy atom. The SMILES string of the molecule is CC(C)(C)OC(=O)N[C@H]1CC[C@@H](Oc2ccc(Br)nc2C(=O)O)C1. The summed E-state index contributed by atoms with van der Waals surface area (Å²) in [5, 5.41) is 12.0. The van der Waals surface area contributed by atoms with Crippen molar-refractivity contribution in [2.75, 3.05) is 0 Å². The second kappa shape index (κ2) is 7.38. The van der Waals surface area contributed by atoms with Gasteiger partial charge in [-0.2, -0.15) is 0 Å². The second-order valence-electron chi connectivity index (χ2n) is 6.68. The van der Waals surface area contributed by atoms with Crippen molar-refractivity contribution >= 4 is 28.0 Å². The molecular weight excluding hydrogens is 380 g/mol. The maximum absolute atomic E-state index is 11.8. The standard InChI is InChI=1S/C16H21BrN2O5/c1-16(2,3)24-15(22)18-9-4-5-10(8-9)23-11-6-7-12(17)19-13(11)14(20)21/h6-7,9-10H,4-5,8H2,1-3H3,(H,18,22)(H,20,21)/t9-,10+/m0/s1. The molecule has 1 aromatic rings. The average Bonchev–Trinajstić information content (AvgIpc) is 2.85. The van der Waals surface area contributed by atoms with Gasteiger partial charge in [-0.25, -0.2) is 14.6 Å². The predicted molar refractivity (Wildman–Crippen MR) is 90.3 cm³/mol. The van der Waals surface area contributed by atoms with Crippen molar-refractivity contribution in [2.24, 2.45) is 0 Å². The van der Waals surface area contributed by atoms with Crippen LogP contribution in [0.15, 0.2) is 16.7 Å². The lowest BCUT2D eigenvalue weighted by Gasteiger charge is -2.22. The number of nitrogens with zero attached hydrogens (tertiary/aromatic N) is 1. The first-order valence-corrected chi connectivity index (χ1v) is 8.49. The first-order valence-electron chi connectivity index (χ1n) is 7.70. The number of pyridine rings is 1. The zero-order valence-corrected chi connectivity index (χ0v) is 15.4. The minimum atomic E-state index is -1.15. The monoisotopic (exact) mass is 400 g/mol. The average molecular weight is 401 g/mol. The molecule has 1 heterocycles. The molecule has 0 spiro atoms. The second-order valence-corrected chi connectivity index (χ2v) is 7.49. The number of halogens is 1. The zero-order chi connectivity index (χ0) is 17.9. The van der Waals surface area contributed by atoms with E-state index in [1.807, 2.05) is 0 Å². The molecule has 0 radical (unpaired) electrons. The molecule has 1 aliphatic carbocycles. The highest BCUT2D eigenvalue weighted by Crippen LogP contribution is 2.27. The first kappa shape index (κ1) is 18.5. The van der Waals surface area contributed by atoms with E-state index in [4.69, 9.17) is 9.47 Å². The fraction of sp³-hybridized carbons (Fsp3) is 0.562. The lowest BCUT2D eigenvalue weighted by molar-refractivity contribution is 0.0502. The lowest BCUT2D eigenvalue weighted by atomic mass is 10.2. The van der Waals surface area contributed by atoms with Crippen molar-refractivity contribution in [3.63, 3.8) is 0 Å². The summed E-state index contributed by atoms with van der Waals surface area (Å²) in [6.07, 6.45) is 1.43. The van der Waals surface area contributed by atoms with E-state index in [-0.39, 0.29) is 23.6 Å². The number of carboxylic acid groups (broad SMARTS) is 1. The van der Waals surface area contributed by atoms with E-state index in [1.165, 1.54) is 0 Å². The molecule has 1 fully saturated rings. The molecular formula is C16H21BrN2O5.